The van der Waals surface area contributed by atoms with Crippen molar-refractivity contribution in [2.24, 2.45) is 0 Å². The smallest absolute Gasteiger partial charge is 0.170 e. The molecule has 4 heterocycles. The fraction of sp³-hybridized carbons (Fsp3) is 0.286. The number of methoxy groups -OCH3 is 1. The largest absolute Gasteiger partial charge is 0.383 e. The molecule has 0 aliphatic carbocycles. The second-order valence-corrected chi connectivity index (χ2v) is 7.15. The zero-order valence-corrected chi connectivity index (χ0v) is 16.8. The average Bonchev–Trinajstić information content (AvgIpc) is 3.27. The van der Waals surface area contributed by atoms with Crippen molar-refractivity contribution >= 4 is 17.3 Å². The summed E-state index contributed by atoms with van der Waals surface area (Å²) in [6, 6.07) is 14.2. The van der Waals surface area contributed by atoms with E-state index in [1.54, 1.807) is 13.3 Å². The first-order chi connectivity index (χ1) is 13.7. The molecule has 2 unspecified atom stereocenters. The van der Waals surface area contributed by atoms with Gasteiger partial charge in [0, 0.05) is 37.4 Å². The number of pyridine rings is 2. The van der Waals surface area contributed by atoms with Gasteiger partial charge < -0.3 is 19.5 Å². The summed E-state index contributed by atoms with van der Waals surface area (Å²) in [6.45, 7) is 3.40. The fourth-order valence-corrected chi connectivity index (χ4v) is 4.12. The zero-order chi connectivity index (χ0) is 19.5. The van der Waals surface area contributed by atoms with Gasteiger partial charge in [-0.15, -0.1) is 0 Å². The van der Waals surface area contributed by atoms with Crippen LogP contribution in [0.4, 0.5) is 0 Å². The normalized spacial score (nSPS) is 19.1. The maximum atomic E-state index is 5.68. The Morgan fingerprint density at radius 3 is 2.75 bits per heavy atom. The lowest BCUT2D eigenvalue weighted by atomic mass is 10.0. The lowest BCUT2D eigenvalue weighted by molar-refractivity contribution is 0.163. The van der Waals surface area contributed by atoms with Crippen LogP contribution in [0.3, 0.4) is 0 Å². The Kier molecular flexibility index (Phi) is 5.36. The summed E-state index contributed by atoms with van der Waals surface area (Å²) >= 11 is 5.68. The van der Waals surface area contributed by atoms with Gasteiger partial charge in [-0.2, -0.15) is 0 Å². The topological polar surface area (TPSA) is 55.2 Å². The van der Waals surface area contributed by atoms with Gasteiger partial charge in [-0.1, -0.05) is 6.07 Å². The molecule has 7 heteroatoms. The van der Waals surface area contributed by atoms with Gasteiger partial charge in [0.1, 0.15) is 0 Å². The van der Waals surface area contributed by atoms with E-state index in [4.69, 9.17) is 17.0 Å². The highest BCUT2D eigenvalue weighted by Gasteiger charge is 2.41. The second-order valence-electron chi connectivity index (χ2n) is 6.76. The minimum atomic E-state index is -0.0460. The van der Waals surface area contributed by atoms with E-state index >= 15 is 0 Å². The number of ether oxygens (including phenoxy) is 1. The molecule has 144 valence electrons. The van der Waals surface area contributed by atoms with Crippen molar-refractivity contribution in [3.63, 3.8) is 0 Å². The highest BCUT2D eigenvalue weighted by Crippen LogP contribution is 2.39. The lowest BCUT2D eigenvalue weighted by Crippen LogP contribution is -2.33. The van der Waals surface area contributed by atoms with E-state index in [2.05, 4.69) is 49.9 Å². The van der Waals surface area contributed by atoms with Gasteiger partial charge in [0.15, 0.2) is 5.11 Å². The van der Waals surface area contributed by atoms with Crippen LogP contribution >= 0.6 is 12.2 Å². The van der Waals surface area contributed by atoms with Crippen molar-refractivity contribution < 1.29 is 4.74 Å². The number of aryl methyl sites for hydroxylation is 1. The van der Waals surface area contributed by atoms with Crippen molar-refractivity contribution in [3.05, 3.63) is 78.1 Å². The van der Waals surface area contributed by atoms with Gasteiger partial charge in [-0.05, 0) is 55.5 Å². The van der Waals surface area contributed by atoms with Crippen molar-refractivity contribution in [1.29, 1.82) is 0 Å². The number of nitrogens with zero attached hydrogens (tertiary/aromatic N) is 4. The molecule has 0 bridgehead atoms. The van der Waals surface area contributed by atoms with Crippen molar-refractivity contribution in [2.45, 2.75) is 19.0 Å². The predicted molar refractivity (Wildman–Crippen MR) is 112 cm³/mol. The van der Waals surface area contributed by atoms with Gasteiger partial charge in [-0.3, -0.25) is 9.97 Å². The monoisotopic (exact) mass is 393 g/mol. The molecule has 0 amide bonds. The van der Waals surface area contributed by atoms with Gasteiger partial charge in [-0.25, -0.2) is 0 Å². The molecule has 4 rings (SSSR count). The standard InChI is InChI=1S/C21H23N5OS/c1-15-8-9-18(26(15)16-6-5-10-22-14-16)20-19(17-7-3-4-11-23-17)24-21(28)25(20)12-13-27-2/h3-11,14,19-20H,12-13H2,1-2H3,(H,24,28). The molecular weight excluding hydrogens is 370 g/mol. The summed E-state index contributed by atoms with van der Waals surface area (Å²) in [5, 5.41) is 4.19. The second kappa shape index (κ2) is 8.08. The van der Waals surface area contributed by atoms with Crippen LogP contribution in [-0.4, -0.2) is 44.8 Å². The Morgan fingerprint density at radius 1 is 1.14 bits per heavy atom. The van der Waals surface area contributed by atoms with Crippen LogP contribution in [0.2, 0.25) is 0 Å². The lowest BCUT2D eigenvalue weighted by Gasteiger charge is -2.29. The van der Waals surface area contributed by atoms with Crippen LogP contribution in [0.1, 0.15) is 29.2 Å². The van der Waals surface area contributed by atoms with E-state index in [0.29, 0.717) is 18.3 Å². The maximum Gasteiger partial charge on any atom is 0.170 e. The minimum Gasteiger partial charge on any atom is -0.383 e. The van der Waals surface area contributed by atoms with Crippen molar-refractivity contribution in [2.75, 3.05) is 20.3 Å². The molecule has 6 nitrogen and oxygen atoms in total. The third-order valence-electron chi connectivity index (χ3n) is 5.05. The zero-order valence-electron chi connectivity index (χ0n) is 15.9. The summed E-state index contributed by atoms with van der Waals surface area (Å²) in [6.07, 6.45) is 5.49. The van der Waals surface area contributed by atoms with Crippen LogP contribution < -0.4 is 5.32 Å². The Morgan fingerprint density at radius 2 is 2.04 bits per heavy atom. The molecule has 1 N–H and O–H groups in total. The van der Waals surface area contributed by atoms with E-state index in [0.717, 1.165) is 22.8 Å². The quantitative estimate of drug-likeness (QED) is 0.649. The Labute approximate surface area is 170 Å². The van der Waals surface area contributed by atoms with Gasteiger partial charge in [0.05, 0.1) is 36.3 Å². The van der Waals surface area contributed by atoms with E-state index in [1.165, 1.54) is 0 Å². The summed E-state index contributed by atoms with van der Waals surface area (Å²) in [4.78, 5) is 11.1. The van der Waals surface area contributed by atoms with Gasteiger partial charge in [0.2, 0.25) is 0 Å². The van der Waals surface area contributed by atoms with E-state index in [-0.39, 0.29) is 12.1 Å². The number of nitrogens with one attached hydrogen (secondary N) is 1. The third-order valence-corrected chi connectivity index (χ3v) is 5.40. The number of aromatic nitrogens is 3. The summed E-state index contributed by atoms with van der Waals surface area (Å²) in [5.74, 6) is 0. The molecule has 0 spiro atoms. The molecular formula is C21H23N5OS. The molecule has 1 aliphatic rings. The minimum absolute atomic E-state index is 0.00791. The molecule has 1 fully saturated rings. The molecule has 0 saturated carbocycles. The van der Waals surface area contributed by atoms with Gasteiger partial charge in [0.25, 0.3) is 0 Å². The Hall–Kier alpha value is -2.77. The molecule has 28 heavy (non-hydrogen) atoms. The number of hydrogen-bond acceptors (Lipinski definition) is 4. The van der Waals surface area contributed by atoms with E-state index < -0.39 is 0 Å². The van der Waals surface area contributed by atoms with E-state index in [1.807, 2.05) is 36.7 Å². The summed E-state index contributed by atoms with van der Waals surface area (Å²) < 4.78 is 7.57. The average molecular weight is 394 g/mol. The highest BCUT2D eigenvalue weighted by atomic mass is 32.1. The van der Waals surface area contributed by atoms with Crippen molar-refractivity contribution in [1.82, 2.24) is 24.8 Å². The SMILES string of the molecule is COCCN1C(=S)NC(c2ccccn2)C1c1ccc(C)n1-c1cccnc1. The van der Waals surface area contributed by atoms with Crippen LogP contribution in [0.25, 0.3) is 5.69 Å². The van der Waals surface area contributed by atoms with Crippen LogP contribution in [0.15, 0.2) is 61.1 Å². The van der Waals surface area contributed by atoms with Crippen LogP contribution in [0, 0.1) is 6.92 Å². The first kappa shape index (κ1) is 18.6. The fourth-order valence-electron chi connectivity index (χ4n) is 3.79. The summed E-state index contributed by atoms with van der Waals surface area (Å²) in [7, 11) is 1.71. The Bertz CT molecular complexity index is 944. The number of hydrogen-bond donors (Lipinski definition) is 1. The summed E-state index contributed by atoms with van der Waals surface area (Å²) in [5.41, 5.74) is 4.28. The maximum absolute atomic E-state index is 5.68. The Balaban J connectivity index is 1.82. The predicted octanol–water partition coefficient (Wildman–Crippen LogP) is 3.19. The van der Waals surface area contributed by atoms with E-state index in [9.17, 15) is 0 Å². The molecule has 0 radical (unpaired) electrons. The number of thiocarbonyl (C=S) groups is 1. The molecule has 3 aromatic heterocycles. The van der Waals surface area contributed by atoms with Crippen LogP contribution in [0.5, 0.6) is 0 Å². The molecule has 2 atom stereocenters. The first-order valence-electron chi connectivity index (χ1n) is 9.26. The first-order valence-corrected chi connectivity index (χ1v) is 9.67. The highest BCUT2D eigenvalue weighted by molar-refractivity contribution is 7.80. The number of rotatable bonds is 6. The molecule has 1 saturated heterocycles. The molecule has 1 aliphatic heterocycles. The molecule has 0 aromatic carbocycles. The molecule has 3 aromatic rings. The third kappa shape index (κ3) is 3.39. The van der Waals surface area contributed by atoms with Crippen molar-refractivity contribution in [3.8, 4) is 5.69 Å². The van der Waals surface area contributed by atoms with Crippen LogP contribution in [-0.2, 0) is 4.74 Å². The van der Waals surface area contributed by atoms with Gasteiger partial charge >= 0.3 is 0 Å².